The number of hydrogen-bond acceptors (Lipinski definition) is 6. The lowest BCUT2D eigenvalue weighted by Gasteiger charge is -2.09. The van der Waals surface area contributed by atoms with Crippen LogP contribution in [0.25, 0.3) is 0 Å². The number of hydrogen-bond donors (Lipinski definition) is 2. The summed E-state index contributed by atoms with van der Waals surface area (Å²) in [6, 6.07) is 20.2. The minimum Gasteiger partial charge on any atom is -0.497 e. The molecule has 0 atom stereocenters. The van der Waals surface area contributed by atoms with Gasteiger partial charge in [0.15, 0.2) is 0 Å². The van der Waals surface area contributed by atoms with Crippen molar-refractivity contribution in [3.63, 3.8) is 0 Å². The summed E-state index contributed by atoms with van der Waals surface area (Å²) in [6.07, 6.45) is -0.566. The Balaban J connectivity index is 1.51. The quantitative estimate of drug-likeness (QED) is 0.384. The fourth-order valence-corrected chi connectivity index (χ4v) is 2.89. The third-order valence-corrected chi connectivity index (χ3v) is 4.53. The molecule has 3 aromatic carbocycles. The van der Waals surface area contributed by atoms with E-state index in [4.69, 9.17) is 14.2 Å². The molecule has 0 aliphatic heterocycles. The van der Waals surface area contributed by atoms with Crippen LogP contribution < -0.4 is 20.1 Å². The van der Waals surface area contributed by atoms with E-state index in [9.17, 15) is 14.4 Å². The molecule has 8 heteroatoms. The van der Waals surface area contributed by atoms with Crippen LogP contribution in [0.4, 0.5) is 16.2 Å². The Hall–Kier alpha value is -4.33. The Labute approximate surface area is 191 Å². The normalized spacial score (nSPS) is 10.1. The minimum absolute atomic E-state index is 0.151. The highest BCUT2D eigenvalue weighted by molar-refractivity contribution is 6.04. The standard InChI is InChI=1S/C25H24N2O6/c1-3-32-25(30)33-22-14-6-18(7-15-22)24(29)27-20-10-8-19(9-11-20)26-23(28)16-17-4-12-21(31-2)13-5-17/h4-15H,3,16H2,1-2H3,(H,26,28)(H,27,29). The zero-order chi connectivity index (χ0) is 23.6. The Morgan fingerprint density at radius 1 is 0.758 bits per heavy atom. The third kappa shape index (κ3) is 7.10. The number of carbonyl (C=O) groups excluding carboxylic acids is 3. The van der Waals surface area contributed by atoms with Crippen molar-refractivity contribution in [1.82, 2.24) is 0 Å². The summed E-state index contributed by atoms with van der Waals surface area (Å²) in [5, 5.41) is 5.60. The molecule has 0 unspecified atom stereocenters. The first-order chi connectivity index (χ1) is 16.0. The van der Waals surface area contributed by atoms with Crippen LogP contribution in [-0.2, 0) is 16.0 Å². The van der Waals surface area contributed by atoms with E-state index in [0.717, 1.165) is 11.3 Å². The lowest BCUT2D eigenvalue weighted by Crippen LogP contribution is -2.15. The second kappa shape index (κ2) is 11.3. The maximum absolute atomic E-state index is 12.4. The Morgan fingerprint density at radius 3 is 1.91 bits per heavy atom. The largest absolute Gasteiger partial charge is 0.513 e. The van der Waals surface area contributed by atoms with Crippen LogP contribution in [0.5, 0.6) is 11.5 Å². The molecule has 2 amide bonds. The molecule has 170 valence electrons. The maximum atomic E-state index is 12.4. The molecule has 0 aliphatic rings. The van der Waals surface area contributed by atoms with Crippen LogP contribution >= 0.6 is 0 Å². The van der Waals surface area contributed by atoms with Crippen molar-refractivity contribution in [2.24, 2.45) is 0 Å². The molecule has 0 fully saturated rings. The van der Waals surface area contributed by atoms with Gasteiger partial charge in [-0.1, -0.05) is 12.1 Å². The summed E-state index contributed by atoms with van der Waals surface area (Å²) in [6.45, 7) is 1.89. The van der Waals surface area contributed by atoms with Crippen molar-refractivity contribution < 1.29 is 28.6 Å². The Kier molecular flexibility index (Phi) is 8.02. The monoisotopic (exact) mass is 448 g/mol. The zero-order valence-electron chi connectivity index (χ0n) is 18.3. The first kappa shape index (κ1) is 23.3. The first-order valence-corrected chi connectivity index (χ1v) is 10.3. The fraction of sp³-hybridized carbons (Fsp3) is 0.160. The van der Waals surface area contributed by atoms with E-state index < -0.39 is 6.16 Å². The van der Waals surface area contributed by atoms with Gasteiger partial charge in [-0.2, -0.15) is 0 Å². The highest BCUT2D eigenvalue weighted by Crippen LogP contribution is 2.18. The van der Waals surface area contributed by atoms with Crippen molar-refractivity contribution in [1.29, 1.82) is 0 Å². The molecule has 0 heterocycles. The van der Waals surface area contributed by atoms with Crippen LogP contribution in [0.15, 0.2) is 72.8 Å². The van der Waals surface area contributed by atoms with Gasteiger partial charge in [-0.3, -0.25) is 9.59 Å². The molecule has 8 nitrogen and oxygen atoms in total. The number of rotatable bonds is 8. The molecule has 3 aromatic rings. The first-order valence-electron chi connectivity index (χ1n) is 10.3. The molecule has 0 aliphatic carbocycles. The molecule has 0 spiro atoms. The smallest absolute Gasteiger partial charge is 0.497 e. The van der Waals surface area contributed by atoms with Gasteiger partial charge in [0.2, 0.25) is 5.91 Å². The summed E-state index contributed by atoms with van der Waals surface area (Å²) in [5.41, 5.74) is 2.45. The highest BCUT2D eigenvalue weighted by atomic mass is 16.7. The van der Waals surface area contributed by atoms with Crippen LogP contribution in [0.2, 0.25) is 0 Å². The third-order valence-electron chi connectivity index (χ3n) is 4.53. The predicted molar refractivity (Wildman–Crippen MR) is 124 cm³/mol. The SMILES string of the molecule is CCOC(=O)Oc1ccc(C(=O)Nc2ccc(NC(=O)Cc3ccc(OC)cc3)cc2)cc1. The van der Waals surface area contributed by atoms with Gasteiger partial charge in [0.25, 0.3) is 5.91 Å². The molecule has 0 bridgehead atoms. The maximum Gasteiger partial charge on any atom is 0.513 e. The molecule has 3 rings (SSSR count). The van der Waals surface area contributed by atoms with E-state index in [0.29, 0.717) is 16.9 Å². The average molecular weight is 448 g/mol. The van der Waals surface area contributed by atoms with Gasteiger partial charge in [0.05, 0.1) is 20.1 Å². The zero-order valence-corrected chi connectivity index (χ0v) is 18.3. The van der Waals surface area contributed by atoms with E-state index in [1.54, 1.807) is 50.4 Å². The number of anilines is 2. The van der Waals surface area contributed by atoms with Crippen molar-refractivity contribution in [2.75, 3.05) is 24.4 Å². The van der Waals surface area contributed by atoms with Crippen molar-refractivity contribution in [2.45, 2.75) is 13.3 Å². The van der Waals surface area contributed by atoms with Crippen LogP contribution in [-0.4, -0.2) is 31.7 Å². The van der Waals surface area contributed by atoms with E-state index in [-0.39, 0.29) is 30.6 Å². The van der Waals surface area contributed by atoms with Crippen molar-refractivity contribution in [3.8, 4) is 11.5 Å². The fourth-order valence-electron chi connectivity index (χ4n) is 2.89. The number of ether oxygens (including phenoxy) is 3. The van der Waals surface area contributed by atoms with E-state index >= 15 is 0 Å². The topological polar surface area (TPSA) is 103 Å². The number of benzene rings is 3. The molecule has 0 aromatic heterocycles. The highest BCUT2D eigenvalue weighted by Gasteiger charge is 2.10. The average Bonchev–Trinajstić information content (AvgIpc) is 2.81. The van der Waals surface area contributed by atoms with Gasteiger partial charge in [-0.25, -0.2) is 4.79 Å². The second-order valence-electron chi connectivity index (χ2n) is 6.91. The van der Waals surface area contributed by atoms with Crippen molar-refractivity contribution in [3.05, 3.63) is 83.9 Å². The second-order valence-corrected chi connectivity index (χ2v) is 6.91. The lowest BCUT2D eigenvalue weighted by molar-refractivity contribution is -0.115. The van der Waals surface area contributed by atoms with Gasteiger partial charge in [0.1, 0.15) is 11.5 Å². The molecule has 0 saturated heterocycles. The summed E-state index contributed by atoms with van der Waals surface area (Å²) < 4.78 is 14.8. The number of carbonyl (C=O) groups is 3. The molecule has 33 heavy (non-hydrogen) atoms. The van der Waals surface area contributed by atoms with Gasteiger partial charge in [-0.15, -0.1) is 0 Å². The number of amides is 2. The summed E-state index contributed by atoms with van der Waals surface area (Å²) in [4.78, 5) is 36.0. The summed E-state index contributed by atoms with van der Waals surface area (Å²) >= 11 is 0. The van der Waals surface area contributed by atoms with Gasteiger partial charge in [0, 0.05) is 16.9 Å². The van der Waals surface area contributed by atoms with Crippen LogP contribution in [0.3, 0.4) is 0 Å². The van der Waals surface area contributed by atoms with E-state index in [2.05, 4.69) is 10.6 Å². The molecule has 0 saturated carbocycles. The van der Waals surface area contributed by atoms with Gasteiger partial charge >= 0.3 is 6.16 Å². The van der Waals surface area contributed by atoms with Crippen LogP contribution in [0, 0.1) is 0 Å². The Bertz CT molecular complexity index is 1090. The van der Waals surface area contributed by atoms with Crippen LogP contribution in [0.1, 0.15) is 22.8 Å². The predicted octanol–water partition coefficient (Wildman–Crippen LogP) is 4.66. The van der Waals surface area contributed by atoms with E-state index in [1.165, 1.54) is 24.3 Å². The Morgan fingerprint density at radius 2 is 1.33 bits per heavy atom. The molecular weight excluding hydrogens is 424 g/mol. The number of methoxy groups -OCH3 is 1. The van der Waals surface area contributed by atoms with Gasteiger partial charge < -0.3 is 24.8 Å². The summed E-state index contributed by atoms with van der Waals surface area (Å²) in [7, 11) is 1.59. The summed E-state index contributed by atoms with van der Waals surface area (Å²) in [5.74, 6) is 0.536. The molecular formula is C25H24N2O6. The van der Waals surface area contributed by atoms with Crippen molar-refractivity contribution >= 4 is 29.3 Å². The van der Waals surface area contributed by atoms with E-state index in [1.807, 2.05) is 12.1 Å². The molecule has 0 radical (unpaired) electrons. The minimum atomic E-state index is -0.800. The lowest BCUT2D eigenvalue weighted by atomic mass is 10.1. The molecule has 2 N–H and O–H groups in total. The number of nitrogens with one attached hydrogen (secondary N) is 2. The van der Waals surface area contributed by atoms with Gasteiger partial charge in [-0.05, 0) is 73.2 Å².